The van der Waals surface area contributed by atoms with Crippen LogP contribution in [0.15, 0.2) is 80.8 Å². The Labute approximate surface area is 219 Å². The number of imide groups is 1. The average Bonchev–Trinajstić information content (AvgIpc) is 3.53. The second-order valence-electron chi connectivity index (χ2n) is 8.27. The first-order chi connectivity index (χ1) is 18.5. The predicted molar refractivity (Wildman–Crippen MR) is 141 cm³/mol. The van der Waals surface area contributed by atoms with Crippen LogP contribution in [0.4, 0.5) is 4.79 Å². The maximum atomic E-state index is 13.3. The lowest BCUT2D eigenvalue weighted by molar-refractivity contribution is -0.115. The lowest BCUT2D eigenvalue weighted by Gasteiger charge is -2.13. The molecule has 3 aromatic carbocycles. The molecule has 1 N–H and O–H groups in total. The first kappa shape index (κ1) is 23.7. The molecule has 1 fully saturated rings. The van der Waals surface area contributed by atoms with Gasteiger partial charge < -0.3 is 23.4 Å². The van der Waals surface area contributed by atoms with Crippen LogP contribution in [-0.2, 0) is 4.79 Å². The van der Waals surface area contributed by atoms with Crippen LogP contribution in [0.1, 0.15) is 5.56 Å². The zero-order valence-corrected chi connectivity index (χ0v) is 20.5. The maximum absolute atomic E-state index is 13.3. The number of hydrogen-bond donors (Lipinski definition) is 1. The molecule has 2 amide bonds. The number of hydrogen-bond acceptors (Lipinski definition) is 9. The molecule has 0 radical (unpaired) electrons. The van der Waals surface area contributed by atoms with Crippen molar-refractivity contribution in [3.63, 3.8) is 0 Å². The Morgan fingerprint density at radius 3 is 2.50 bits per heavy atom. The Balaban J connectivity index is 1.18. The topological polar surface area (TPSA) is 113 Å². The molecule has 0 atom stereocenters. The molecular formula is C28H19NO8S. The standard InChI is InChI=1S/C28H19NO8S/c30-24-19-3-1-2-4-20(19)37-25(17-7-10-21-22(14-17)36-15-35-21)26(24)34-12-11-33-18-8-5-16(6-9-18)13-23-27(31)29-28(32)38-23/h1-10,13-14H,11-12,15H2,(H,29,31,32)/b23-13-. The third-order valence-corrected chi connectivity index (χ3v) is 6.62. The molecule has 38 heavy (non-hydrogen) atoms. The van der Waals surface area contributed by atoms with Gasteiger partial charge in [-0.15, -0.1) is 0 Å². The van der Waals surface area contributed by atoms with Crippen molar-refractivity contribution in [3.05, 3.63) is 87.4 Å². The Morgan fingerprint density at radius 2 is 1.68 bits per heavy atom. The zero-order valence-electron chi connectivity index (χ0n) is 19.7. The third kappa shape index (κ3) is 4.69. The van der Waals surface area contributed by atoms with E-state index in [1.807, 2.05) is 0 Å². The number of carbonyl (C=O) groups is 2. The highest BCUT2D eigenvalue weighted by Gasteiger charge is 2.25. The number of fused-ring (bicyclic) bond motifs is 2. The predicted octanol–water partition coefficient (Wildman–Crippen LogP) is 4.97. The Morgan fingerprint density at radius 1 is 0.895 bits per heavy atom. The second-order valence-corrected chi connectivity index (χ2v) is 9.29. The van der Waals surface area contributed by atoms with Gasteiger partial charge in [0.15, 0.2) is 17.3 Å². The molecule has 0 saturated carbocycles. The summed E-state index contributed by atoms with van der Waals surface area (Å²) >= 11 is 0.862. The van der Waals surface area contributed by atoms with Gasteiger partial charge in [-0.05, 0) is 65.9 Å². The number of nitrogens with one attached hydrogen (secondary N) is 1. The van der Waals surface area contributed by atoms with E-state index >= 15 is 0 Å². The quantitative estimate of drug-likeness (QED) is 0.262. The lowest BCUT2D eigenvalue weighted by Crippen LogP contribution is -2.17. The molecule has 0 spiro atoms. The lowest BCUT2D eigenvalue weighted by atomic mass is 10.1. The van der Waals surface area contributed by atoms with E-state index in [0.717, 1.165) is 17.3 Å². The smallest absolute Gasteiger partial charge is 0.290 e. The van der Waals surface area contributed by atoms with Crippen LogP contribution in [0.5, 0.6) is 23.0 Å². The minimum Gasteiger partial charge on any atom is -0.490 e. The fourth-order valence-corrected chi connectivity index (χ4v) is 4.70. The number of benzene rings is 3. The first-order valence-electron chi connectivity index (χ1n) is 11.6. The van der Waals surface area contributed by atoms with Gasteiger partial charge in [0.25, 0.3) is 11.1 Å². The summed E-state index contributed by atoms with van der Waals surface area (Å²) in [4.78, 5) is 36.7. The van der Waals surface area contributed by atoms with Crippen molar-refractivity contribution in [1.82, 2.24) is 5.32 Å². The Bertz CT molecular complexity index is 1660. The minimum absolute atomic E-state index is 0.0787. The van der Waals surface area contributed by atoms with E-state index in [2.05, 4.69) is 5.32 Å². The summed E-state index contributed by atoms with van der Waals surface area (Å²) in [6.07, 6.45) is 1.63. The van der Waals surface area contributed by atoms with Gasteiger partial charge in [-0.3, -0.25) is 19.7 Å². The Hall–Kier alpha value is -4.70. The van der Waals surface area contributed by atoms with Crippen LogP contribution in [0, 0.1) is 0 Å². The van der Waals surface area contributed by atoms with E-state index in [0.29, 0.717) is 38.7 Å². The average molecular weight is 530 g/mol. The van der Waals surface area contributed by atoms with Crippen molar-refractivity contribution in [2.75, 3.05) is 20.0 Å². The van der Waals surface area contributed by atoms with E-state index in [1.165, 1.54) is 0 Å². The number of rotatable bonds is 7. The molecule has 190 valence electrons. The van der Waals surface area contributed by atoms with Gasteiger partial charge in [0.2, 0.25) is 18.0 Å². The molecule has 9 nitrogen and oxygen atoms in total. The molecule has 2 aliphatic rings. The highest BCUT2D eigenvalue weighted by molar-refractivity contribution is 8.18. The van der Waals surface area contributed by atoms with Gasteiger partial charge in [-0.1, -0.05) is 24.3 Å². The molecule has 0 aliphatic carbocycles. The van der Waals surface area contributed by atoms with Crippen LogP contribution >= 0.6 is 11.8 Å². The maximum Gasteiger partial charge on any atom is 0.290 e. The summed E-state index contributed by atoms with van der Waals surface area (Å²) in [7, 11) is 0. The molecular weight excluding hydrogens is 510 g/mol. The van der Waals surface area contributed by atoms with E-state index in [1.54, 1.807) is 72.8 Å². The molecule has 3 heterocycles. The number of thioether (sulfide) groups is 1. The SMILES string of the molecule is O=C1NC(=O)/C(=C/c2ccc(OCCOc3c(-c4ccc5c(c4)OCO5)oc4ccccc4c3=O)cc2)S1. The molecule has 1 aromatic heterocycles. The second kappa shape index (κ2) is 9.98. The molecule has 10 heteroatoms. The summed E-state index contributed by atoms with van der Waals surface area (Å²) in [6, 6.07) is 19.3. The molecule has 0 bridgehead atoms. The summed E-state index contributed by atoms with van der Waals surface area (Å²) in [5.74, 6) is 1.72. The van der Waals surface area contributed by atoms with E-state index in [9.17, 15) is 14.4 Å². The van der Waals surface area contributed by atoms with Crippen molar-refractivity contribution in [2.24, 2.45) is 0 Å². The zero-order chi connectivity index (χ0) is 26.1. The van der Waals surface area contributed by atoms with Crippen LogP contribution < -0.4 is 29.7 Å². The highest BCUT2D eigenvalue weighted by Crippen LogP contribution is 2.39. The third-order valence-electron chi connectivity index (χ3n) is 5.81. The van der Waals surface area contributed by atoms with Crippen LogP contribution in [0.25, 0.3) is 28.4 Å². The fourth-order valence-electron chi connectivity index (χ4n) is 4.02. The van der Waals surface area contributed by atoms with Gasteiger partial charge in [0.05, 0.1) is 10.3 Å². The Kier molecular flexibility index (Phi) is 6.22. The fraction of sp³-hybridized carbons (Fsp3) is 0.107. The molecule has 1 saturated heterocycles. The largest absolute Gasteiger partial charge is 0.490 e. The molecule has 2 aliphatic heterocycles. The van der Waals surface area contributed by atoms with Crippen LogP contribution in [0.3, 0.4) is 0 Å². The van der Waals surface area contributed by atoms with Crippen molar-refractivity contribution in [3.8, 4) is 34.3 Å². The summed E-state index contributed by atoms with van der Waals surface area (Å²) in [6.45, 7) is 0.388. The summed E-state index contributed by atoms with van der Waals surface area (Å²) in [5, 5.41) is 2.25. The van der Waals surface area contributed by atoms with Gasteiger partial charge in [0, 0.05) is 5.56 Å². The van der Waals surface area contributed by atoms with Crippen molar-refractivity contribution >= 4 is 40.0 Å². The number of para-hydroxylation sites is 1. The summed E-state index contributed by atoms with van der Waals surface area (Å²) in [5.41, 5.74) is 1.53. The molecule has 6 rings (SSSR count). The van der Waals surface area contributed by atoms with Crippen molar-refractivity contribution < 1.29 is 33.0 Å². The van der Waals surface area contributed by atoms with E-state index in [-0.39, 0.29) is 42.2 Å². The minimum atomic E-state index is -0.407. The highest BCUT2D eigenvalue weighted by atomic mass is 32.2. The monoisotopic (exact) mass is 529 g/mol. The molecule has 0 unspecified atom stereocenters. The van der Waals surface area contributed by atoms with Gasteiger partial charge >= 0.3 is 0 Å². The normalized spacial score (nSPS) is 15.2. The van der Waals surface area contributed by atoms with Crippen LogP contribution in [-0.4, -0.2) is 31.2 Å². The number of amides is 2. The first-order valence-corrected chi connectivity index (χ1v) is 12.4. The van der Waals surface area contributed by atoms with Gasteiger partial charge in [-0.25, -0.2) is 0 Å². The van der Waals surface area contributed by atoms with Crippen molar-refractivity contribution in [2.45, 2.75) is 0 Å². The van der Waals surface area contributed by atoms with Gasteiger partial charge in [0.1, 0.15) is 24.5 Å². The number of carbonyl (C=O) groups excluding carboxylic acids is 2. The van der Waals surface area contributed by atoms with Crippen LogP contribution in [0.2, 0.25) is 0 Å². The van der Waals surface area contributed by atoms with E-state index < -0.39 is 5.91 Å². The van der Waals surface area contributed by atoms with E-state index in [4.69, 9.17) is 23.4 Å². The summed E-state index contributed by atoms with van der Waals surface area (Å²) < 4.78 is 28.6. The van der Waals surface area contributed by atoms with Gasteiger partial charge in [-0.2, -0.15) is 0 Å². The molecule has 4 aromatic rings. The van der Waals surface area contributed by atoms with Crippen molar-refractivity contribution in [1.29, 1.82) is 0 Å². The number of ether oxygens (including phenoxy) is 4.